The molecule has 1 atom stereocenters. The molecule has 0 bridgehead atoms. The highest BCUT2D eigenvalue weighted by molar-refractivity contribution is 9.10. The van der Waals surface area contributed by atoms with Crippen LogP contribution in [0.2, 0.25) is 0 Å². The van der Waals surface area contributed by atoms with Gasteiger partial charge in [0.05, 0.1) is 6.04 Å². The summed E-state index contributed by atoms with van der Waals surface area (Å²) in [6, 6.07) is 4.03. The first-order valence-electron chi connectivity index (χ1n) is 6.20. The lowest BCUT2D eigenvalue weighted by Gasteiger charge is -2.14. The number of alkyl halides is 2. The van der Waals surface area contributed by atoms with Gasteiger partial charge in [-0.1, -0.05) is 29.3 Å². The predicted octanol–water partition coefficient (Wildman–Crippen LogP) is 2.79. The second kappa shape index (κ2) is 8.16. The summed E-state index contributed by atoms with van der Waals surface area (Å²) in [5.41, 5.74) is 6.12. The van der Waals surface area contributed by atoms with Crippen LogP contribution in [0.5, 0.6) is 5.75 Å². The Morgan fingerprint density at radius 2 is 2.20 bits per heavy atom. The van der Waals surface area contributed by atoms with Crippen molar-refractivity contribution in [2.75, 3.05) is 0 Å². The van der Waals surface area contributed by atoms with Crippen molar-refractivity contribution in [3.05, 3.63) is 28.2 Å². The third-order valence-electron chi connectivity index (χ3n) is 2.63. The van der Waals surface area contributed by atoms with E-state index in [9.17, 15) is 13.6 Å². The molecule has 0 aromatic heterocycles. The number of hydrogen-bond acceptors (Lipinski definition) is 3. The molecule has 0 saturated carbocycles. The fourth-order valence-electron chi connectivity index (χ4n) is 1.65. The van der Waals surface area contributed by atoms with Crippen molar-refractivity contribution in [1.82, 2.24) is 5.32 Å². The van der Waals surface area contributed by atoms with Crippen molar-refractivity contribution >= 4 is 21.8 Å². The SMILES string of the molecule is CCCC(N)C(=O)NCc1cc(Br)ccc1OC(F)F. The molecule has 20 heavy (non-hydrogen) atoms. The minimum atomic E-state index is -2.91. The molecule has 0 saturated heterocycles. The van der Waals surface area contributed by atoms with E-state index in [1.165, 1.54) is 6.07 Å². The van der Waals surface area contributed by atoms with Crippen molar-refractivity contribution in [3.8, 4) is 5.75 Å². The number of nitrogens with two attached hydrogens (primary N) is 1. The van der Waals surface area contributed by atoms with Gasteiger partial charge in [-0.3, -0.25) is 4.79 Å². The molecule has 0 aliphatic rings. The molecule has 0 radical (unpaired) electrons. The first-order valence-corrected chi connectivity index (χ1v) is 6.99. The molecular weight excluding hydrogens is 334 g/mol. The van der Waals surface area contributed by atoms with Crippen molar-refractivity contribution in [3.63, 3.8) is 0 Å². The van der Waals surface area contributed by atoms with E-state index < -0.39 is 12.7 Å². The molecule has 0 aliphatic heterocycles. The maximum absolute atomic E-state index is 12.3. The van der Waals surface area contributed by atoms with Crippen LogP contribution in [-0.4, -0.2) is 18.6 Å². The molecule has 4 nitrogen and oxygen atoms in total. The first kappa shape index (κ1) is 16.8. The number of amides is 1. The average Bonchev–Trinajstić information content (AvgIpc) is 2.38. The lowest BCUT2D eigenvalue weighted by atomic mass is 10.1. The summed E-state index contributed by atoms with van der Waals surface area (Å²) in [5.74, 6) is -0.276. The number of nitrogens with one attached hydrogen (secondary N) is 1. The number of benzene rings is 1. The van der Waals surface area contributed by atoms with Crippen LogP contribution in [0, 0.1) is 0 Å². The Kier molecular flexibility index (Phi) is 6.87. The zero-order chi connectivity index (χ0) is 15.1. The summed E-state index contributed by atoms with van der Waals surface area (Å²) in [6.07, 6.45) is 1.37. The van der Waals surface area contributed by atoms with E-state index in [1.54, 1.807) is 12.1 Å². The number of rotatable bonds is 7. The van der Waals surface area contributed by atoms with Crippen molar-refractivity contribution in [2.24, 2.45) is 5.73 Å². The van der Waals surface area contributed by atoms with Crippen LogP contribution in [-0.2, 0) is 11.3 Å². The molecule has 3 N–H and O–H groups in total. The van der Waals surface area contributed by atoms with Gasteiger partial charge in [-0.2, -0.15) is 8.78 Å². The van der Waals surface area contributed by atoms with E-state index in [0.717, 1.165) is 6.42 Å². The average molecular weight is 351 g/mol. The minimum absolute atomic E-state index is 0.0348. The Bertz CT molecular complexity index is 458. The van der Waals surface area contributed by atoms with Crippen LogP contribution in [0.4, 0.5) is 8.78 Å². The van der Waals surface area contributed by atoms with Crippen LogP contribution >= 0.6 is 15.9 Å². The largest absolute Gasteiger partial charge is 0.434 e. The second-order valence-corrected chi connectivity index (χ2v) is 5.16. The standard InChI is InChI=1S/C13H17BrF2N2O2/c1-2-3-10(17)12(19)18-7-8-6-9(14)4-5-11(8)20-13(15)16/h4-6,10,13H,2-3,7,17H2,1H3,(H,18,19). The van der Waals surface area contributed by atoms with E-state index in [1.807, 2.05) is 6.92 Å². The highest BCUT2D eigenvalue weighted by atomic mass is 79.9. The summed E-state index contributed by atoms with van der Waals surface area (Å²) >= 11 is 3.24. The van der Waals surface area contributed by atoms with Gasteiger partial charge in [0.15, 0.2) is 0 Å². The first-order chi connectivity index (χ1) is 9.43. The Labute approximate surface area is 124 Å². The normalized spacial score (nSPS) is 12.3. The molecule has 7 heteroatoms. The van der Waals surface area contributed by atoms with Gasteiger partial charge in [-0.15, -0.1) is 0 Å². The van der Waals surface area contributed by atoms with Gasteiger partial charge in [0.25, 0.3) is 0 Å². The Morgan fingerprint density at radius 3 is 2.80 bits per heavy atom. The summed E-state index contributed by atoms with van der Waals surface area (Å²) < 4.78 is 29.7. The molecule has 0 spiro atoms. The van der Waals surface area contributed by atoms with Gasteiger partial charge in [-0.25, -0.2) is 0 Å². The summed E-state index contributed by atoms with van der Waals surface area (Å²) in [5, 5.41) is 2.61. The molecule has 1 amide bonds. The van der Waals surface area contributed by atoms with Crippen molar-refractivity contribution in [1.29, 1.82) is 0 Å². The molecule has 0 fully saturated rings. The second-order valence-electron chi connectivity index (χ2n) is 4.24. The third kappa shape index (κ3) is 5.42. The molecule has 1 aromatic carbocycles. The summed E-state index contributed by atoms with van der Waals surface area (Å²) in [4.78, 5) is 11.7. The summed E-state index contributed by atoms with van der Waals surface area (Å²) in [7, 11) is 0. The Morgan fingerprint density at radius 1 is 1.50 bits per heavy atom. The maximum Gasteiger partial charge on any atom is 0.387 e. The van der Waals surface area contributed by atoms with Gasteiger partial charge in [0.1, 0.15) is 5.75 Å². The molecular formula is C13H17BrF2N2O2. The van der Waals surface area contributed by atoms with Crippen LogP contribution < -0.4 is 15.8 Å². The van der Waals surface area contributed by atoms with Gasteiger partial charge in [0.2, 0.25) is 5.91 Å². The number of ether oxygens (including phenoxy) is 1. The van der Waals surface area contributed by atoms with Crippen molar-refractivity contribution in [2.45, 2.75) is 39.0 Å². The zero-order valence-electron chi connectivity index (χ0n) is 11.0. The number of carbonyl (C=O) groups is 1. The van der Waals surface area contributed by atoms with E-state index in [0.29, 0.717) is 16.5 Å². The molecule has 0 aliphatic carbocycles. The highest BCUT2D eigenvalue weighted by Crippen LogP contribution is 2.24. The van der Waals surface area contributed by atoms with Crippen molar-refractivity contribution < 1.29 is 18.3 Å². The Hall–Kier alpha value is -1.21. The number of halogens is 3. The van der Waals surface area contributed by atoms with Crippen LogP contribution in [0.15, 0.2) is 22.7 Å². The van der Waals surface area contributed by atoms with Crippen LogP contribution in [0.1, 0.15) is 25.3 Å². The molecule has 0 heterocycles. The lowest BCUT2D eigenvalue weighted by molar-refractivity contribution is -0.122. The molecule has 1 unspecified atom stereocenters. The van der Waals surface area contributed by atoms with Crippen LogP contribution in [0.3, 0.4) is 0 Å². The zero-order valence-corrected chi connectivity index (χ0v) is 12.6. The molecule has 112 valence electrons. The van der Waals surface area contributed by atoms with Gasteiger partial charge >= 0.3 is 6.61 Å². The monoisotopic (exact) mass is 350 g/mol. The van der Waals surface area contributed by atoms with Gasteiger partial charge < -0.3 is 15.8 Å². The van der Waals surface area contributed by atoms with Gasteiger partial charge in [-0.05, 0) is 24.6 Å². The quantitative estimate of drug-likeness (QED) is 0.794. The number of hydrogen-bond donors (Lipinski definition) is 2. The van der Waals surface area contributed by atoms with E-state index in [4.69, 9.17) is 5.73 Å². The topological polar surface area (TPSA) is 64.4 Å². The third-order valence-corrected chi connectivity index (χ3v) is 3.12. The minimum Gasteiger partial charge on any atom is -0.434 e. The summed E-state index contributed by atoms with van der Waals surface area (Å²) in [6.45, 7) is -0.902. The molecule has 1 aromatic rings. The van der Waals surface area contributed by atoms with Crippen LogP contribution in [0.25, 0.3) is 0 Å². The fourth-order valence-corrected chi connectivity index (χ4v) is 2.06. The van der Waals surface area contributed by atoms with E-state index in [-0.39, 0.29) is 18.2 Å². The lowest BCUT2D eigenvalue weighted by Crippen LogP contribution is -2.40. The smallest absolute Gasteiger partial charge is 0.387 e. The maximum atomic E-state index is 12.3. The molecule has 1 rings (SSSR count). The predicted molar refractivity (Wildman–Crippen MR) is 75.5 cm³/mol. The highest BCUT2D eigenvalue weighted by Gasteiger charge is 2.14. The van der Waals surface area contributed by atoms with E-state index in [2.05, 4.69) is 26.0 Å². The Balaban J connectivity index is 2.70. The number of carbonyl (C=O) groups excluding carboxylic acids is 1. The van der Waals surface area contributed by atoms with Gasteiger partial charge in [0, 0.05) is 16.6 Å². The fraction of sp³-hybridized carbons (Fsp3) is 0.462. The van der Waals surface area contributed by atoms with E-state index >= 15 is 0 Å².